The molecule has 1 saturated carbocycles. The summed E-state index contributed by atoms with van der Waals surface area (Å²) < 4.78 is 0. The summed E-state index contributed by atoms with van der Waals surface area (Å²) in [6, 6.07) is 9.38. The first-order valence-electron chi connectivity index (χ1n) is 7.46. The molecule has 0 saturated heterocycles. The standard InChI is InChI=1S/C17H25Br/c1-3-13(2)17(18)16-11-9-15(10-12-16)14-7-5-4-6-8-14/h9-14,17H,3-8H2,1-2H3. The lowest BCUT2D eigenvalue weighted by atomic mass is 9.83. The minimum atomic E-state index is 0.503. The molecule has 0 heterocycles. The SMILES string of the molecule is CCC(C)C(Br)c1ccc(C2CCCCC2)cc1. The number of hydrogen-bond donors (Lipinski definition) is 0. The van der Waals surface area contributed by atoms with Crippen LogP contribution in [0.3, 0.4) is 0 Å². The van der Waals surface area contributed by atoms with Gasteiger partial charge in [0.1, 0.15) is 0 Å². The van der Waals surface area contributed by atoms with Crippen LogP contribution in [-0.2, 0) is 0 Å². The van der Waals surface area contributed by atoms with Crippen molar-refractivity contribution in [3.8, 4) is 0 Å². The molecule has 2 rings (SSSR count). The van der Waals surface area contributed by atoms with Crippen LogP contribution in [-0.4, -0.2) is 0 Å². The van der Waals surface area contributed by atoms with Crippen LogP contribution in [0.1, 0.15) is 74.2 Å². The van der Waals surface area contributed by atoms with Gasteiger partial charge in [-0.2, -0.15) is 0 Å². The Kier molecular flexibility index (Phi) is 5.29. The monoisotopic (exact) mass is 308 g/mol. The van der Waals surface area contributed by atoms with Gasteiger partial charge < -0.3 is 0 Å². The fourth-order valence-corrected chi connectivity index (χ4v) is 3.60. The summed E-state index contributed by atoms with van der Waals surface area (Å²) in [6.07, 6.45) is 8.28. The summed E-state index contributed by atoms with van der Waals surface area (Å²) in [5, 5.41) is 0. The molecule has 2 unspecified atom stereocenters. The van der Waals surface area contributed by atoms with Crippen LogP contribution < -0.4 is 0 Å². The second kappa shape index (κ2) is 6.75. The lowest BCUT2D eigenvalue weighted by molar-refractivity contribution is 0.443. The Hall–Kier alpha value is -0.300. The van der Waals surface area contributed by atoms with Gasteiger partial charge in [0.05, 0.1) is 0 Å². The third kappa shape index (κ3) is 3.38. The molecule has 1 aromatic carbocycles. The largest absolute Gasteiger partial charge is 0.0836 e. The van der Waals surface area contributed by atoms with Crippen molar-refractivity contribution in [3.05, 3.63) is 35.4 Å². The number of hydrogen-bond acceptors (Lipinski definition) is 0. The zero-order valence-electron chi connectivity index (χ0n) is 11.7. The van der Waals surface area contributed by atoms with Crippen molar-refractivity contribution in [2.24, 2.45) is 5.92 Å². The molecule has 18 heavy (non-hydrogen) atoms. The van der Waals surface area contributed by atoms with E-state index in [2.05, 4.69) is 54.0 Å². The molecular formula is C17H25Br. The zero-order chi connectivity index (χ0) is 13.0. The van der Waals surface area contributed by atoms with Crippen LogP contribution in [0, 0.1) is 5.92 Å². The number of rotatable bonds is 4. The summed E-state index contributed by atoms with van der Waals surface area (Å²) >= 11 is 3.83. The van der Waals surface area contributed by atoms with Gasteiger partial charge in [-0.15, -0.1) is 0 Å². The van der Waals surface area contributed by atoms with Gasteiger partial charge in [-0.3, -0.25) is 0 Å². The quantitative estimate of drug-likeness (QED) is 0.579. The van der Waals surface area contributed by atoms with Gasteiger partial charge in [-0.25, -0.2) is 0 Å². The van der Waals surface area contributed by atoms with E-state index in [0.717, 1.165) is 5.92 Å². The van der Waals surface area contributed by atoms with Crippen LogP contribution in [0.4, 0.5) is 0 Å². The van der Waals surface area contributed by atoms with E-state index in [9.17, 15) is 0 Å². The Morgan fingerprint density at radius 2 is 1.72 bits per heavy atom. The van der Waals surface area contributed by atoms with Gasteiger partial charge in [0.15, 0.2) is 0 Å². The fourth-order valence-electron chi connectivity index (χ4n) is 2.92. The summed E-state index contributed by atoms with van der Waals surface area (Å²) in [7, 11) is 0. The normalized spacial score (nSPS) is 20.6. The lowest BCUT2D eigenvalue weighted by Gasteiger charge is -2.23. The minimum Gasteiger partial charge on any atom is -0.0836 e. The van der Waals surface area contributed by atoms with Crippen molar-refractivity contribution in [3.63, 3.8) is 0 Å². The maximum Gasteiger partial charge on any atom is 0.0420 e. The van der Waals surface area contributed by atoms with Crippen LogP contribution in [0.25, 0.3) is 0 Å². The van der Waals surface area contributed by atoms with E-state index in [-0.39, 0.29) is 0 Å². The maximum atomic E-state index is 3.83. The minimum absolute atomic E-state index is 0.503. The van der Waals surface area contributed by atoms with Crippen molar-refractivity contribution >= 4 is 15.9 Å². The summed E-state index contributed by atoms with van der Waals surface area (Å²) in [4.78, 5) is 0.503. The van der Waals surface area contributed by atoms with Crippen LogP contribution >= 0.6 is 15.9 Å². The van der Waals surface area contributed by atoms with Crippen LogP contribution in [0.5, 0.6) is 0 Å². The summed E-state index contributed by atoms with van der Waals surface area (Å²) in [6.45, 7) is 4.57. The molecule has 1 fully saturated rings. The van der Waals surface area contributed by atoms with Crippen molar-refractivity contribution in [1.29, 1.82) is 0 Å². The van der Waals surface area contributed by atoms with E-state index in [1.54, 1.807) is 5.56 Å². The van der Waals surface area contributed by atoms with Crippen LogP contribution in [0.2, 0.25) is 0 Å². The molecule has 0 aliphatic heterocycles. The van der Waals surface area contributed by atoms with Gasteiger partial charge in [0.2, 0.25) is 0 Å². The highest BCUT2D eigenvalue weighted by Gasteiger charge is 2.17. The van der Waals surface area contributed by atoms with E-state index in [4.69, 9.17) is 0 Å². The van der Waals surface area contributed by atoms with Crippen molar-refractivity contribution in [1.82, 2.24) is 0 Å². The molecule has 0 aromatic heterocycles. The Labute approximate surface area is 120 Å². The molecule has 0 N–H and O–H groups in total. The van der Waals surface area contributed by atoms with Crippen molar-refractivity contribution in [2.75, 3.05) is 0 Å². The second-order valence-corrected chi connectivity index (χ2v) is 6.78. The first-order chi connectivity index (χ1) is 8.72. The smallest absolute Gasteiger partial charge is 0.0420 e. The van der Waals surface area contributed by atoms with Gasteiger partial charge >= 0.3 is 0 Å². The van der Waals surface area contributed by atoms with Crippen LogP contribution in [0.15, 0.2) is 24.3 Å². The molecule has 0 bridgehead atoms. The predicted octanol–water partition coefficient (Wildman–Crippen LogP) is 6.22. The highest BCUT2D eigenvalue weighted by atomic mass is 79.9. The fraction of sp³-hybridized carbons (Fsp3) is 0.647. The van der Waals surface area contributed by atoms with E-state index >= 15 is 0 Å². The van der Waals surface area contributed by atoms with Crippen molar-refractivity contribution < 1.29 is 0 Å². The second-order valence-electron chi connectivity index (χ2n) is 5.79. The number of halogens is 1. The third-order valence-corrected chi connectivity index (χ3v) is 5.91. The van der Waals surface area contributed by atoms with Gasteiger partial charge in [-0.05, 0) is 35.8 Å². The highest BCUT2D eigenvalue weighted by molar-refractivity contribution is 9.09. The van der Waals surface area contributed by atoms with Crippen molar-refractivity contribution in [2.45, 2.75) is 63.1 Å². The average molecular weight is 309 g/mol. The third-order valence-electron chi connectivity index (χ3n) is 4.48. The predicted molar refractivity (Wildman–Crippen MR) is 83.4 cm³/mol. The molecule has 2 atom stereocenters. The first-order valence-corrected chi connectivity index (χ1v) is 8.38. The van der Waals surface area contributed by atoms with E-state index in [0.29, 0.717) is 10.7 Å². The first kappa shape index (κ1) is 14.1. The topological polar surface area (TPSA) is 0 Å². The molecule has 0 radical (unpaired) electrons. The Bertz CT molecular complexity index is 327. The molecular weight excluding hydrogens is 284 g/mol. The van der Waals surface area contributed by atoms with E-state index in [1.807, 2.05) is 0 Å². The number of benzene rings is 1. The van der Waals surface area contributed by atoms with Gasteiger partial charge in [-0.1, -0.05) is 79.7 Å². The Morgan fingerprint density at radius 3 is 2.28 bits per heavy atom. The summed E-state index contributed by atoms with van der Waals surface area (Å²) in [5.41, 5.74) is 2.99. The molecule has 0 amide bonds. The van der Waals surface area contributed by atoms with E-state index in [1.165, 1.54) is 44.1 Å². The molecule has 1 aromatic rings. The van der Waals surface area contributed by atoms with Gasteiger partial charge in [0.25, 0.3) is 0 Å². The summed E-state index contributed by atoms with van der Waals surface area (Å²) in [5.74, 6) is 1.52. The number of alkyl halides is 1. The molecule has 1 aliphatic rings. The molecule has 1 heteroatoms. The molecule has 0 nitrogen and oxygen atoms in total. The average Bonchev–Trinajstić information content (AvgIpc) is 2.47. The zero-order valence-corrected chi connectivity index (χ0v) is 13.2. The highest BCUT2D eigenvalue weighted by Crippen LogP contribution is 2.36. The van der Waals surface area contributed by atoms with Gasteiger partial charge in [0, 0.05) is 4.83 Å². The Morgan fingerprint density at radius 1 is 1.11 bits per heavy atom. The molecule has 100 valence electrons. The van der Waals surface area contributed by atoms with E-state index < -0.39 is 0 Å². The Balaban J connectivity index is 2.04. The maximum absolute atomic E-state index is 3.83. The molecule has 0 spiro atoms. The lowest BCUT2D eigenvalue weighted by Crippen LogP contribution is -2.05. The molecule has 1 aliphatic carbocycles.